The predicted molar refractivity (Wildman–Crippen MR) is 68.4 cm³/mol. The number of nitrogens with zero attached hydrogens (tertiary/aromatic N) is 1. The fraction of sp³-hybridized carbons (Fsp3) is 1.00. The molecule has 0 aromatic rings. The molecule has 0 atom stereocenters. The molecule has 0 bridgehead atoms. The van der Waals surface area contributed by atoms with Gasteiger partial charge in [0.25, 0.3) is 0 Å². The summed E-state index contributed by atoms with van der Waals surface area (Å²) in [5, 5.41) is 0. The van der Waals surface area contributed by atoms with Gasteiger partial charge in [-0.1, -0.05) is 6.42 Å². The van der Waals surface area contributed by atoms with E-state index in [1.165, 1.54) is 32.4 Å². The fourth-order valence-corrected chi connectivity index (χ4v) is 1.96. The van der Waals surface area contributed by atoms with Crippen LogP contribution in [0.4, 0.5) is 0 Å². The molecule has 0 saturated carbocycles. The normalized spacial score (nSPS) is 17.5. The molecule has 0 unspecified atom stereocenters. The summed E-state index contributed by atoms with van der Waals surface area (Å²) in [4.78, 5) is 2.49. The van der Waals surface area contributed by atoms with Gasteiger partial charge in [0.05, 0.1) is 33.0 Å². The smallest absolute Gasteiger partial charge is 0.0701 e. The van der Waals surface area contributed by atoms with Gasteiger partial charge in [-0.3, -0.25) is 0 Å². The van der Waals surface area contributed by atoms with E-state index in [9.17, 15) is 0 Å². The Morgan fingerprint density at radius 1 is 0.765 bits per heavy atom. The zero-order valence-corrected chi connectivity index (χ0v) is 11.2. The standard InChI is InChI=1S/C13H27NO3/c1-2-15-10-11-17-13-12-16-9-8-14-6-4-3-5-7-14/h2-13H2,1H3. The summed E-state index contributed by atoms with van der Waals surface area (Å²) < 4.78 is 16.1. The van der Waals surface area contributed by atoms with Crippen molar-refractivity contribution < 1.29 is 14.2 Å². The summed E-state index contributed by atoms with van der Waals surface area (Å²) in [5.41, 5.74) is 0. The van der Waals surface area contributed by atoms with Crippen LogP contribution in [-0.2, 0) is 14.2 Å². The number of hydrogen-bond donors (Lipinski definition) is 0. The van der Waals surface area contributed by atoms with Gasteiger partial charge in [0.1, 0.15) is 0 Å². The van der Waals surface area contributed by atoms with E-state index in [4.69, 9.17) is 14.2 Å². The van der Waals surface area contributed by atoms with E-state index in [0.29, 0.717) is 26.4 Å². The van der Waals surface area contributed by atoms with Gasteiger partial charge in [-0.25, -0.2) is 0 Å². The Bertz CT molecular complexity index is 161. The summed E-state index contributed by atoms with van der Waals surface area (Å²) in [7, 11) is 0. The van der Waals surface area contributed by atoms with E-state index in [2.05, 4.69) is 4.90 Å². The molecule has 0 radical (unpaired) electrons. The maximum atomic E-state index is 5.54. The third kappa shape index (κ3) is 8.55. The van der Waals surface area contributed by atoms with Gasteiger partial charge in [-0.2, -0.15) is 0 Å². The lowest BCUT2D eigenvalue weighted by Crippen LogP contribution is -2.32. The summed E-state index contributed by atoms with van der Waals surface area (Å²) in [6.45, 7) is 9.86. The molecular formula is C13H27NO3. The van der Waals surface area contributed by atoms with Crippen LogP contribution < -0.4 is 0 Å². The lowest BCUT2D eigenvalue weighted by atomic mass is 10.1. The lowest BCUT2D eigenvalue weighted by Gasteiger charge is -2.26. The zero-order chi connectivity index (χ0) is 12.2. The first-order valence-electron chi connectivity index (χ1n) is 6.89. The molecule has 0 amide bonds. The molecule has 4 heteroatoms. The van der Waals surface area contributed by atoms with Gasteiger partial charge in [0.15, 0.2) is 0 Å². The average molecular weight is 245 g/mol. The largest absolute Gasteiger partial charge is 0.379 e. The van der Waals surface area contributed by atoms with Crippen molar-refractivity contribution in [1.82, 2.24) is 4.90 Å². The molecule has 0 spiro atoms. The number of ether oxygens (including phenoxy) is 3. The van der Waals surface area contributed by atoms with Gasteiger partial charge in [-0.05, 0) is 32.9 Å². The van der Waals surface area contributed by atoms with Gasteiger partial charge >= 0.3 is 0 Å². The Balaban J connectivity index is 1.75. The molecule has 17 heavy (non-hydrogen) atoms. The second-order valence-electron chi connectivity index (χ2n) is 4.32. The van der Waals surface area contributed by atoms with E-state index in [1.54, 1.807) is 0 Å². The summed E-state index contributed by atoms with van der Waals surface area (Å²) in [5.74, 6) is 0. The molecule has 1 saturated heterocycles. The molecule has 1 aliphatic rings. The highest BCUT2D eigenvalue weighted by atomic mass is 16.5. The van der Waals surface area contributed by atoms with Gasteiger partial charge < -0.3 is 19.1 Å². The second-order valence-corrected chi connectivity index (χ2v) is 4.32. The molecule has 0 aromatic carbocycles. The van der Waals surface area contributed by atoms with Crippen LogP contribution in [0, 0.1) is 0 Å². The minimum atomic E-state index is 0.670. The maximum Gasteiger partial charge on any atom is 0.0701 e. The Labute approximate surface area is 105 Å². The second kappa shape index (κ2) is 11.0. The molecule has 0 aliphatic carbocycles. The van der Waals surface area contributed by atoms with Crippen molar-refractivity contribution in [3.8, 4) is 0 Å². The summed E-state index contributed by atoms with van der Waals surface area (Å²) in [6, 6.07) is 0. The molecule has 1 fully saturated rings. The van der Waals surface area contributed by atoms with Crippen molar-refractivity contribution in [2.24, 2.45) is 0 Å². The number of hydrogen-bond acceptors (Lipinski definition) is 4. The molecule has 1 heterocycles. The minimum absolute atomic E-state index is 0.670. The van der Waals surface area contributed by atoms with Crippen LogP contribution in [0.1, 0.15) is 26.2 Å². The average Bonchev–Trinajstić information content (AvgIpc) is 2.38. The van der Waals surface area contributed by atoms with Crippen LogP contribution in [0.5, 0.6) is 0 Å². The highest BCUT2D eigenvalue weighted by Crippen LogP contribution is 2.07. The first-order chi connectivity index (χ1) is 8.43. The van der Waals surface area contributed by atoms with Gasteiger partial charge in [-0.15, -0.1) is 0 Å². The van der Waals surface area contributed by atoms with Crippen LogP contribution in [0.3, 0.4) is 0 Å². The summed E-state index contributed by atoms with van der Waals surface area (Å²) in [6.07, 6.45) is 4.09. The van der Waals surface area contributed by atoms with E-state index >= 15 is 0 Å². The zero-order valence-electron chi connectivity index (χ0n) is 11.2. The van der Waals surface area contributed by atoms with E-state index in [0.717, 1.165) is 19.8 Å². The van der Waals surface area contributed by atoms with Crippen LogP contribution in [0.15, 0.2) is 0 Å². The first-order valence-corrected chi connectivity index (χ1v) is 6.89. The third-order valence-electron chi connectivity index (χ3n) is 2.95. The highest BCUT2D eigenvalue weighted by molar-refractivity contribution is 4.63. The Morgan fingerprint density at radius 3 is 2.00 bits per heavy atom. The third-order valence-corrected chi connectivity index (χ3v) is 2.95. The molecule has 1 rings (SSSR count). The van der Waals surface area contributed by atoms with Crippen molar-refractivity contribution >= 4 is 0 Å². The van der Waals surface area contributed by atoms with E-state index in [1.807, 2.05) is 6.92 Å². The quantitative estimate of drug-likeness (QED) is 0.546. The Kier molecular flexibility index (Phi) is 9.61. The molecular weight excluding hydrogens is 218 g/mol. The number of piperidine rings is 1. The van der Waals surface area contributed by atoms with Crippen molar-refractivity contribution in [3.05, 3.63) is 0 Å². The molecule has 102 valence electrons. The van der Waals surface area contributed by atoms with E-state index in [-0.39, 0.29) is 0 Å². The van der Waals surface area contributed by atoms with Crippen LogP contribution in [0.25, 0.3) is 0 Å². The maximum absolute atomic E-state index is 5.54. The van der Waals surface area contributed by atoms with Gasteiger partial charge in [0.2, 0.25) is 0 Å². The molecule has 1 aliphatic heterocycles. The molecule has 0 aromatic heterocycles. The molecule has 4 nitrogen and oxygen atoms in total. The van der Waals surface area contributed by atoms with Crippen LogP contribution in [-0.4, -0.2) is 64.2 Å². The SMILES string of the molecule is CCOCCOCCOCCN1CCCCC1. The Hall–Kier alpha value is -0.160. The minimum Gasteiger partial charge on any atom is -0.379 e. The number of likely N-dealkylation sites (tertiary alicyclic amines) is 1. The van der Waals surface area contributed by atoms with Gasteiger partial charge in [0, 0.05) is 13.2 Å². The summed E-state index contributed by atoms with van der Waals surface area (Å²) >= 11 is 0. The molecule has 0 N–H and O–H groups in total. The topological polar surface area (TPSA) is 30.9 Å². The lowest BCUT2D eigenvalue weighted by molar-refractivity contribution is 0.0118. The monoisotopic (exact) mass is 245 g/mol. The van der Waals surface area contributed by atoms with Crippen LogP contribution in [0.2, 0.25) is 0 Å². The first kappa shape index (κ1) is 14.9. The highest BCUT2D eigenvalue weighted by Gasteiger charge is 2.08. The Morgan fingerprint density at radius 2 is 1.35 bits per heavy atom. The van der Waals surface area contributed by atoms with Crippen molar-refractivity contribution in [1.29, 1.82) is 0 Å². The van der Waals surface area contributed by atoms with Crippen molar-refractivity contribution in [2.75, 3.05) is 59.3 Å². The van der Waals surface area contributed by atoms with Crippen molar-refractivity contribution in [3.63, 3.8) is 0 Å². The van der Waals surface area contributed by atoms with Crippen molar-refractivity contribution in [2.45, 2.75) is 26.2 Å². The predicted octanol–water partition coefficient (Wildman–Crippen LogP) is 1.54. The number of rotatable bonds is 10. The van der Waals surface area contributed by atoms with E-state index < -0.39 is 0 Å². The van der Waals surface area contributed by atoms with Crippen LogP contribution >= 0.6 is 0 Å². The fourth-order valence-electron chi connectivity index (χ4n) is 1.96.